The lowest BCUT2D eigenvalue weighted by Crippen LogP contribution is -2.25. The van der Waals surface area contributed by atoms with Gasteiger partial charge >= 0.3 is 0 Å². The first-order valence-corrected chi connectivity index (χ1v) is 11.6. The molecule has 0 saturated carbocycles. The highest BCUT2D eigenvalue weighted by Gasteiger charge is 2.18. The van der Waals surface area contributed by atoms with Crippen molar-refractivity contribution in [2.75, 3.05) is 6.54 Å². The molecule has 0 saturated heterocycles. The van der Waals surface area contributed by atoms with Crippen LogP contribution in [0.3, 0.4) is 0 Å². The molecule has 2 aromatic rings. The van der Waals surface area contributed by atoms with Gasteiger partial charge in [0.05, 0.1) is 6.54 Å². The third-order valence-corrected chi connectivity index (χ3v) is 7.68. The van der Waals surface area contributed by atoms with Crippen LogP contribution in [-0.2, 0) is 33.2 Å². The number of benzene rings is 1. The Morgan fingerprint density at radius 2 is 1.71 bits per heavy atom. The van der Waals surface area contributed by atoms with E-state index < -0.39 is 10.0 Å². The number of amides is 1. The summed E-state index contributed by atoms with van der Waals surface area (Å²) >= 11 is 1.17. The van der Waals surface area contributed by atoms with Crippen LogP contribution in [-0.4, -0.2) is 20.9 Å². The maximum Gasteiger partial charge on any atom is 0.250 e. The van der Waals surface area contributed by atoms with Crippen molar-refractivity contribution in [2.24, 2.45) is 0 Å². The van der Waals surface area contributed by atoms with E-state index >= 15 is 0 Å². The van der Waals surface area contributed by atoms with Crippen LogP contribution in [0.15, 0.2) is 28.5 Å². The normalized spacial score (nSPS) is 12.2. The fourth-order valence-corrected chi connectivity index (χ4v) is 5.38. The van der Waals surface area contributed by atoms with Gasteiger partial charge in [0.15, 0.2) is 0 Å². The van der Waals surface area contributed by atoms with Crippen LogP contribution >= 0.6 is 11.3 Å². The molecule has 7 heteroatoms. The summed E-state index contributed by atoms with van der Waals surface area (Å²) in [6.45, 7) is 12.9. The zero-order valence-corrected chi connectivity index (χ0v) is 19.1. The highest BCUT2D eigenvalue weighted by atomic mass is 32.2. The monoisotopic (exact) mass is 422 g/mol. The molecule has 0 unspecified atom stereocenters. The van der Waals surface area contributed by atoms with Gasteiger partial charge in [-0.05, 0) is 60.1 Å². The fourth-order valence-electron chi connectivity index (χ4n) is 3.01. The van der Waals surface area contributed by atoms with Gasteiger partial charge in [0, 0.05) is 18.3 Å². The molecule has 2 N–H and O–H groups in total. The van der Waals surface area contributed by atoms with Crippen molar-refractivity contribution in [3.8, 4) is 0 Å². The van der Waals surface area contributed by atoms with E-state index in [0.717, 1.165) is 4.88 Å². The van der Waals surface area contributed by atoms with Crippen molar-refractivity contribution < 1.29 is 13.2 Å². The molecular formula is C21H30N2O3S2. The third-order valence-electron chi connectivity index (χ3n) is 4.64. The van der Waals surface area contributed by atoms with Gasteiger partial charge in [-0.3, -0.25) is 4.79 Å². The first-order chi connectivity index (χ1) is 12.9. The second-order valence-corrected chi connectivity index (χ2v) is 11.3. The molecule has 0 aliphatic carbocycles. The number of nitrogens with one attached hydrogen (secondary N) is 2. The molecule has 1 amide bonds. The Bertz CT molecular complexity index is 931. The average Bonchev–Trinajstić information content (AvgIpc) is 3.04. The van der Waals surface area contributed by atoms with Crippen LogP contribution in [0, 0.1) is 13.8 Å². The van der Waals surface area contributed by atoms with Crippen molar-refractivity contribution in [3.05, 3.63) is 51.4 Å². The minimum Gasteiger partial charge on any atom is -0.351 e. The maximum atomic E-state index is 12.5. The number of carbonyl (C=O) groups is 1. The summed E-state index contributed by atoms with van der Waals surface area (Å²) in [5, 5.41) is 2.67. The fraction of sp³-hybridized carbons (Fsp3) is 0.476. The molecule has 1 heterocycles. The molecule has 5 nitrogen and oxygen atoms in total. The zero-order valence-electron chi connectivity index (χ0n) is 17.5. The van der Waals surface area contributed by atoms with Gasteiger partial charge in [0.1, 0.15) is 4.21 Å². The van der Waals surface area contributed by atoms with Crippen LogP contribution in [0.2, 0.25) is 0 Å². The van der Waals surface area contributed by atoms with E-state index in [1.807, 2.05) is 0 Å². The molecule has 0 radical (unpaired) electrons. The number of rotatable bonds is 7. The van der Waals surface area contributed by atoms with Crippen LogP contribution < -0.4 is 10.0 Å². The van der Waals surface area contributed by atoms with Gasteiger partial charge in [0.2, 0.25) is 15.9 Å². The molecule has 0 atom stereocenters. The number of hydrogen-bond donors (Lipinski definition) is 2. The van der Waals surface area contributed by atoms with E-state index in [1.165, 1.54) is 40.5 Å². The van der Waals surface area contributed by atoms with E-state index in [-0.39, 0.29) is 15.5 Å². The molecule has 0 aliphatic rings. The molecule has 0 spiro atoms. The standard InChI is InChI=1S/C21H30N2O3S2/c1-14-11-17(21(4,5)6)12-15(2)19(14)9-10-23-28(25,26)20-8-7-18(27-20)13-22-16(3)24/h7-8,11-12,23H,9-10,13H2,1-6H3,(H,22,24). The van der Waals surface area contributed by atoms with E-state index in [9.17, 15) is 13.2 Å². The molecule has 28 heavy (non-hydrogen) atoms. The topological polar surface area (TPSA) is 75.3 Å². The Balaban J connectivity index is 2.03. The van der Waals surface area contributed by atoms with E-state index in [4.69, 9.17) is 0 Å². The van der Waals surface area contributed by atoms with E-state index in [0.29, 0.717) is 19.5 Å². The number of carbonyl (C=O) groups excluding carboxylic acids is 1. The van der Waals surface area contributed by atoms with Crippen molar-refractivity contribution in [1.29, 1.82) is 0 Å². The van der Waals surface area contributed by atoms with E-state index in [2.05, 4.69) is 56.8 Å². The average molecular weight is 423 g/mol. The van der Waals surface area contributed by atoms with Crippen molar-refractivity contribution in [1.82, 2.24) is 10.0 Å². The van der Waals surface area contributed by atoms with E-state index in [1.54, 1.807) is 12.1 Å². The maximum absolute atomic E-state index is 12.5. The number of thiophene rings is 1. The van der Waals surface area contributed by atoms with Gasteiger partial charge in [-0.2, -0.15) is 0 Å². The second-order valence-electron chi connectivity index (χ2n) is 8.12. The smallest absolute Gasteiger partial charge is 0.250 e. The Morgan fingerprint density at radius 3 is 2.25 bits per heavy atom. The van der Waals surface area contributed by atoms with Crippen LogP contribution in [0.4, 0.5) is 0 Å². The summed E-state index contributed by atoms with van der Waals surface area (Å²) in [6.07, 6.45) is 0.644. The number of sulfonamides is 1. The molecule has 0 aliphatic heterocycles. The van der Waals surface area contributed by atoms with Gasteiger partial charge in [-0.25, -0.2) is 13.1 Å². The quantitative estimate of drug-likeness (QED) is 0.712. The highest BCUT2D eigenvalue weighted by Crippen LogP contribution is 2.27. The molecule has 0 fully saturated rings. The Kier molecular flexibility index (Phi) is 7.07. The van der Waals surface area contributed by atoms with Crippen molar-refractivity contribution >= 4 is 27.3 Å². The first-order valence-electron chi connectivity index (χ1n) is 9.33. The largest absolute Gasteiger partial charge is 0.351 e. The lowest BCUT2D eigenvalue weighted by atomic mass is 9.83. The minimum absolute atomic E-state index is 0.0871. The zero-order chi connectivity index (χ0) is 21.1. The second kappa shape index (κ2) is 8.76. The molecular weight excluding hydrogens is 392 g/mol. The molecule has 2 rings (SSSR count). The van der Waals surface area contributed by atoms with Crippen molar-refractivity contribution in [3.63, 3.8) is 0 Å². The Hall–Kier alpha value is -1.70. The molecule has 154 valence electrons. The van der Waals surface area contributed by atoms with Crippen LogP contribution in [0.1, 0.15) is 54.8 Å². The lowest BCUT2D eigenvalue weighted by Gasteiger charge is -2.22. The predicted octanol–water partition coefficient (Wildman–Crippen LogP) is 3.82. The first kappa shape index (κ1) is 22.6. The third kappa shape index (κ3) is 5.90. The summed E-state index contributed by atoms with van der Waals surface area (Å²) in [5.74, 6) is -0.140. The van der Waals surface area contributed by atoms with Gasteiger partial charge in [-0.1, -0.05) is 32.9 Å². The Labute approximate surface area is 172 Å². The molecule has 1 aromatic carbocycles. The molecule has 1 aromatic heterocycles. The summed E-state index contributed by atoms with van der Waals surface area (Å²) in [5.41, 5.74) is 4.95. The van der Waals surface area contributed by atoms with Crippen molar-refractivity contribution in [2.45, 2.75) is 64.1 Å². The summed E-state index contributed by atoms with van der Waals surface area (Å²) in [6, 6.07) is 7.71. The minimum atomic E-state index is -3.55. The summed E-state index contributed by atoms with van der Waals surface area (Å²) < 4.78 is 28.0. The summed E-state index contributed by atoms with van der Waals surface area (Å²) in [4.78, 5) is 11.8. The van der Waals surface area contributed by atoms with Gasteiger partial charge in [0.25, 0.3) is 0 Å². The number of aryl methyl sites for hydroxylation is 2. The van der Waals surface area contributed by atoms with Crippen LogP contribution in [0.25, 0.3) is 0 Å². The highest BCUT2D eigenvalue weighted by molar-refractivity contribution is 7.91. The van der Waals surface area contributed by atoms with Gasteiger partial charge in [-0.15, -0.1) is 11.3 Å². The predicted molar refractivity (Wildman–Crippen MR) is 115 cm³/mol. The van der Waals surface area contributed by atoms with Gasteiger partial charge < -0.3 is 5.32 Å². The molecule has 0 bridgehead atoms. The van der Waals surface area contributed by atoms with Crippen LogP contribution in [0.5, 0.6) is 0 Å². The lowest BCUT2D eigenvalue weighted by molar-refractivity contribution is -0.119. The summed E-state index contributed by atoms with van der Waals surface area (Å²) in [7, 11) is -3.55. The number of hydrogen-bond acceptors (Lipinski definition) is 4. The Morgan fingerprint density at radius 1 is 1.11 bits per heavy atom. The SMILES string of the molecule is CC(=O)NCc1ccc(S(=O)(=O)NCCc2c(C)cc(C(C)(C)C)cc2C)s1.